The average molecular weight is 327 g/mol. The number of allylic oxidation sites excluding steroid dienone is 2. The van der Waals surface area contributed by atoms with E-state index in [1.54, 1.807) is 13.1 Å². The molecule has 3 rings (SSSR count). The molecule has 0 bridgehead atoms. The van der Waals surface area contributed by atoms with Gasteiger partial charge in [-0.05, 0) is 43.4 Å². The van der Waals surface area contributed by atoms with E-state index >= 15 is 0 Å². The highest BCUT2D eigenvalue weighted by atomic mass is 16.6. The van der Waals surface area contributed by atoms with Crippen molar-refractivity contribution < 1.29 is 9.53 Å². The third-order valence-corrected chi connectivity index (χ3v) is 4.31. The molecular formula is C19H25N3O2. The summed E-state index contributed by atoms with van der Waals surface area (Å²) in [5.74, 6) is 0.511. The fraction of sp³-hybridized carbons (Fsp3) is 0.474. The largest absolute Gasteiger partial charge is 0.412 e. The second kappa shape index (κ2) is 6.30. The zero-order valence-corrected chi connectivity index (χ0v) is 14.8. The number of nitrogens with one attached hydrogen (secondary N) is 1. The molecule has 1 aliphatic carbocycles. The smallest absolute Gasteiger partial charge is 0.409 e. The molecule has 2 heterocycles. The average Bonchev–Trinajstić information content (AvgIpc) is 2.94. The van der Waals surface area contributed by atoms with E-state index in [1.165, 1.54) is 18.4 Å². The topological polar surface area (TPSA) is 55.6 Å². The molecule has 1 N–H and O–H groups in total. The van der Waals surface area contributed by atoms with E-state index in [2.05, 4.69) is 36.6 Å². The number of carbonyl (C=O) groups excluding carboxylic acids is 1. The number of pyridine rings is 1. The number of fused-ring (bicyclic) bond motifs is 1. The van der Waals surface area contributed by atoms with Gasteiger partial charge in [-0.15, -0.1) is 0 Å². The van der Waals surface area contributed by atoms with Gasteiger partial charge >= 0.3 is 6.09 Å². The third-order valence-electron chi connectivity index (χ3n) is 4.31. The first-order valence-electron chi connectivity index (χ1n) is 8.51. The Labute approximate surface area is 142 Å². The molecule has 0 saturated heterocycles. The number of hydrogen-bond acceptors (Lipinski definition) is 3. The first kappa shape index (κ1) is 16.6. The fourth-order valence-electron chi connectivity index (χ4n) is 3.13. The molecular weight excluding hydrogens is 302 g/mol. The summed E-state index contributed by atoms with van der Waals surface area (Å²) in [6, 6.07) is 3.68. The van der Waals surface area contributed by atoms with E-state index in [9.17, 15) is 4.79 Å². The number of imidazole rings is 1. The van der Waals surface area contributed by atoms with E-state index in [-0.39, 0.29) is 5.41 Å². The lowest BCUT2D eigenvalue weighted by Gasteiger charge is -2.21. The van der Waals surface area contributed by atoms with Crippen molar-refractivity contribution in [2.75, 3.05) is 7.05 Å². The normalized spacial score (nSPS) is 15.2. The second-order valence-corrected chi connectivity index (χ2v) is 7.27. The van der Waals surface area contributed by atoms with Crippen LogP contribution in [0.2, 0.25) is 0 Å². The van der Waals surface area contributed by atoms with Crippen LogP contribution in [0.3, 0.4) is 0 Å². The lowest BCUT2D eigenvalue weighted by Crippen LogP contribution is -2.22. The van der Waals surface area contributed by atoms with Crippen molar-refractivity contribution in [2.45, 2.75) is 51.9 Å². The molecule has 0 unspecified atom stereocenters. The zero-order valence-electron chi connectivity index (χ0n) is 14.8. The minimum atomic E-state index is -0.469. The van der Waals surface area contributed by atoms with Gasteiger partial charge in [0.25, 0.3) is 0 Å². The van der Waals surface area contributed by atoms with Crippen LogP contribution >= 0.6 is 0 Å². The van der Waals surface area contributed by atoms with Gasteiger partial charge in [0, 0.05) is 12.5 Å². The first-order chi connectivity index (χ1) is 11.4. The van der Waals surface area contributed by atoms with Crippen LogP contribution in [0.1, 0.15) is 57.8 Å². The Kier molecular flexibility index (Phi) is 4.35. The quantitative estimate of drug-likeness (QED) is 0.894. The molecule has 2 aromatic heterocycles. The van der Waals surface area contributed by atoms with Crippen LogP contribution in [-0.4, -0.2) is 22.5 Å². The van der Waals surface area contributed by atoms with Gasteiger partial charge in [-0.2, -0.15) is 0 Å². The van der Waals surface area contributed by atoms with Crippen LogP contribution in [0.25, 0.3) is 11.2 Å². The van der Waals surface area contributed by atoms with Gasteiger partial charge in [-0.25, -0.2) is 9.78 Å². The Bertz CT molecular complexity index is 797. The molecule has 0 radical (unpaired) electrons. The Morgan fingerprint density at radius 1 is 1.29 bits per heavy atom. The van der Waals surface area contributed by atoms with Crippen LogP contribution in [0.4, 0.5) is 4.79 Å². The number of hydrogen-bond donors (Lipinski definition) is 1. The molecule has 24 heavy (non-hydrogen) atoms. The molecule has 0 fully saturated rings. The molecule has 5 heteroatoms. The lowest BCUT2D eigenvalue weighted by molar-refractivity contribution is 0.202. The maximum atomic E-state index is 11.5. The zero-order chi connectivity index (χ0) is 17.3. The van der Waals surface area contributed by atoms with Crippen LogP contribution < -0.4 is 10.1 Å². The first-order valence-corrected chi connectivity index (χ1v) is 8.51. The standard InChI is InChI=1S/C19H25N3O2/c1-19(2,3)17-16(13-8-6-5-7-9-13)22-12-14(24-18(23)20-4)10-11-15(22)21-17/h8,10-12H,5-7,9H2,1-4H3,(H,20,23). The summed E-state index contributed by atoms with van der Waals surface area (Å²) < 4.78 is 7.36. The van der Waals surface area contributed by atoms with Gasteiger partial charge in [0.05, 0.1) is 17.6 Å². The van der Waals surface area contributed by atoms with Gasteiger partial charge in [0.15, 0.2) is 0 Å². The number of nitrogens with zero attached hydrogens (tertiary/aromatic N) is 2. The van der Waals surface area contributed by atoms with Gasteiger partial charge < -0.3 is 10.1 Å². The SMILES string of the molecule is CNC(=O)Oc1ccc2nc(C(C)(C)C)c(C3=CCCCC3)n2c1. The summed E-state index contributed by atoms with van der Waals surface area (Å²) in [5, 5.41) is 2.47. The van der Waals surface area contributed by atoms with E-state index in [1.807, 2.05) is 12.3 Å². The van der Waals surface area contributed by atoms with Gasteiger partial charge in [-0.3, -0.25) is 4.40 Å². The number of ether oxygens (including phenoxy) is 1. The molecule has 0 aliphatic heterocycles. The van der Waals surface area contributed by atoms with Crippen LogP contribution in [-0.2, 0) is 5.41 Å². The maximum Gasteiger partial charge on any atom is 0.412 e. The van der Waals surface area contributed by atoms with Crippen molar-refractivity contribution in [2.24, 2.45) is 0 Å². The predicted molar refractivity (Wildman–Crippen MR) is 95.4 cm³/mol. The van der Waals surface area contributed by atoms with Crippen molar-refractivity contribution in [1.29, 1.82) is 0 Å². The third kappa shape index (κ3) is 3.16. The van der Waals surface area contributed by atoms with Crippen LogP contribution in [0.15, 0.2) is 24.4 Å². The van der Waals surface area contributed by atoms with Crippen molar-refractivity contribution in [3.05, 3.63) is 35.8 Å². The number of aromatic nitrogens is 2. The van der Waals surface area contributed by atoms with Crippen molar-refractivity contribution in [3.8, 4) is 5.75 Å². The van der Waals surface area contributed by atoms with Crippen molar-refractivity contribution in [1.82, 2.24) is 14.7 Å². The maximum absolute atomic E-state index is 11.5. The predicted octanol–water partition coefficient (Wildman–Crippen LogP) is 4.31. The highest BCUT2D eigenvalue weighted by Crippen LogP contribution is 2.35. The molecule has 1 amide bonds. The molecule has 0 spiro atoms. The van der Waals surface area contributed by atoms with Crippen LogP contribution in [0, 0.1) is 0 Å². The van der Waals surface area contributed by atoms with E-state index < -0.39 is 6.09 Å². The van der Waals surface area contributed by atoms with Crippen molar-refractivity contribution >= 4 is 17.3 Å². The Balaban J connectivity index is 2.17. The summed E-state index contributed by atoms with van der Waals surface area (Å²) in [5.41, 5.74) is 4.41. The molecule has 0 saturated carbocycles. The highest BCUT2D eigenvalue weighted by molar-refractivity contribution is 5.72. The molecule has 0 aromatic carbocycles. The monoisotopic (exact) mass is 327 g/mol. The minimum Gasteiger partial charge on any atom is -0.409 e. The number of amides is 1. The minimum absolute atomic E-state index is 0.0541. The molecule has 5 nitrogen and oxygen atoms in total. The highest BCUT2D eigenvalue weighted by Gasteiger charge is 2.26. The Morgan fingerprint density at radius 2 is 2.08 bits per heavy atom. The molecule has 2 aromatic rings. The summed E-state index contributed by atoms with van der Waals surface area (Å²) in [6.45, 7) is 6.55. The van der Waals surface area contributed by atoms with Gasteiger partial charge in [0.1, 0.15) is 11.4 Å². The second-order valence-electron chi connectivity index (χ2n) is 7.27. The van der Waals surface area contributed by atoms with Gasteiger partial charge in [-0.1, -0.05) is 26.8 Å². The van der Waals surface area contributed by atoms with Crippen molar-refractivity contribution in [3.63, 3.8) is 0 Å². The van der Waals surface area contributed by atoms with E-state index in [4.69, 9.17) is 9.72 Å². The summed E-state index contributed by atoms with van der Waals surface area (Å²) in [6.07, 6.45) is 8.35. The summed E-state index contributed by atoms with van der Waals surface area (Å²) >= 11 is 0. The summed E-state index contributed by atoms with van der Waals surface area (Å²) in [7, 11) is 1.55. The van der Waals surface area contributed by atoms with Gasteiger partial charge in [0.2, 0.25) is 0 Å². The van der Waals surface area contributed by atoms with Crippen LogP contribution in [0.5, 0.6) is 5.75 Å². The number of rotatable bonds is 2. The Morgan fingerprint density at radius 3 is 2.71 bits per heavy atom. The van der Waals surface area contributed by atoms with E-state index in [0.717, 1.165) is 29.9 Å². The molecule has 128 valence electrons. The Hall–Kier alpha value is -2.30. The van der Waals surface area contributed by atoms with E-state index in [0.29, 0.717) is 5.75 Å². The summed E-state index contributed by atoms with van der Waals surface area (Å²) in [4.78, 5) is 16.4. The molecule has 1 aliphatic rings. The lowest BCUT2D eigenvalue weighted by atomic mass is 9.86. The fourth-order valence-corrected chi connectivity index (χ4v) is 3.13. The molecule has 0 atom stereocenters. The number of carbonyl (C=O) groups is 1.